The van der Waals surface area contributed by atoms with Gasteiger partial charge in [0.1, 0.15) is 41.7 Å². The smallest absolute Gasteiger partial charge is 0.408 e. The van der Waals surface area contributed by atoms with Crippen LogP contribution in [-0.2, 0) is 42.8 Å². The molecule has 66 heavy (non-hydrogen) atoms. The number of ether oxygens (including phenoxy) is 6. The lowest BCUT2D eigenvalue weighted by atomic mass is 9.44. The molecule has 3 aromatic rings. The van der Waals surface area contributed by atoms with Gasteiger partial charge in [-0.25, -0.2) is 19.2 Å². The van der Waals surface area contributed by atoms with Crippen LogP contribution in [0.5, 0.6) is 0 Å². The number of fused-ring (bicyclic) bond motifs is 5. The summed E-state index contributed by atoms with van der Waals surface area (Å²) in [7, 11) is 0. The van der Waals surface area contributed by atoms with Crippen molar-refractivity contribution in [3.05, 3.63) is 119 Å². The summed E-state index contributed by atoms with van der Waals surface area (Å²) in [5.74, 6) is -6.39. The Hall–Kier alpha value is -5.94. The van der Waals surface area contributed by atoms with E-state index in [0.29, 0.717) is 5.56 Å². The van der Waals surface area contributed by atoms with Crippen molar-refractivity contribution in [3.63, 3.8) is 0 Å². The number of rotatable bonds is 10. The van der Waals surface area contributed by atoms with Gasteiger partial charge in [-0.05, 0) is 75.6 Å². The van der Waals surface area contributed by atoms with Crippen molar-refractivity contribution in [2.45, 2.75) is 128 Å². The lowest BCUT2D eigenvalue weighted by molar-refractivity contribution is -0.346. The highest BCUT2D eigenvalue weighted by Gasteiger charge is 2.78. The second-order valence-corrected chi connectivity index (χ2v) is 19.3. The Morgan fingerprint density at radius 3 is 1.92 bits per heavy atom. The average molecular weight is 912 g/mol. The molecule has 7 rings (SSSR count). The average Bonchev–Trinajstić information content (AvgIpc) is 3.26. The first-order valence-electron chi connectivity index (χ1n) is 21.9. The van der Waals surface area contributed by atoms with Crippen LogP contribution in [0.2, 0.25) is 0 Å². The molecule has 2 bridgehead atoms. The number of hydrogen-bond donors (Lipinski definition) is 4. The molecule has 1 heterocycles. The summed E-state index contributed by atoms with van der Waals surface area (Å²) in [6, 6.07) is 22.4. The largest absolute Gasteiger partial charge is 0.455 e. The van der Waals surface area contributed by atoms with Crippen molar-refractivity contribution in [3.8, 4) is 0 Å². The van der Waals surface area contributed by atoms with E-state index in [-0.39, 0.29) is 35.3 Å². The highest BCUT2D eigenvalue weighted by Crippen LogP contribution is 2.64. The SMILES string of the molecule is CC(=O)O[C@]12CO[C@@H]1C[C@H](O)[C@@]1(C)C(=O)[C@H](O)C3=C(C)[C@H](OC(=O)[C@@H](OC(=O)c4ccccc4)[C@@H](NC(=O)OC(C)(C)C)c4ccccc4)C[C@@](O)([C@H](OC(=O)c4ccccc4)C21)C3(C)C. The Kier molecular flexibility index (Phi) is 12.9. The minimum atomic E-state index is -2.42. The Morgan fingerprint density at radius 2 is 1.39 bits per heavy atom. The van der Waals surface area contributed by atoms with Crippen LogP contribution in [0, 0.1) is 16.7 Å². The zero-order chi connectivity index (χ0) is 48.1. The minimum Gasteiger partial charge on any atom is -0.455 e. The molecule has 0 radical (unpaired) electrons. The number of carbonyl (C=O) groups excluding carboxylic acids is 6. The van der Waals surface area contributed by atoms with Crippen LogP contribution < -0.4 is 5.32 Å². The normalized spacial score (nSPS) is 30.9. The zero-order valence-electron chi connectivity index (χ0n) is 38.1. The fourth-order valence-electron chi connectivity index (χ4n) is 10.4. The molecule has 3 aromatic carbocycles. The fourth-order valence-corrected chi connectivity index (χ4v) is 10.4. The predicted molar refractivity (Wildman–Crippen MR) is 233 cm³/mol. The monoisotopic (exact) mass is 911 g/mol. The van der Waals surface area contributed by atoms with Gasteiger partial charge in [-0.1, -0.05) is 80.6 Å². The molecule has 1 aliphatic heterocycles. The maximum Gasteiger partial charge on any atom is 0.408 e. The van der Waals surface area contributed by atoms with Crippen molar-refractivity contribution in [2.24, 2.45) is 16.7 Å². The number of aliphatic hydroxyl groups excluding tert-OH is 2. The van der Waals surface area contributed by atoms with Crippen LogP contribution >= 0.6 is 0 Å². The number of ketones is 1. The van der Waals surface area contributed by atoms with Crippen LogP contribution in [0.3, 0.4) is 0 Å². The molecule has 16 nitrogen and oxygen atoms in total. The fraction of sp³-hybridized carbons (Fsp3) is 0.480. The number of alkyl carbamates (subject to hydrolysis) is 1. The molecule has 11 atom stereocenters. The van der Waals surface area contributed by atoms with E-state index < -0.39 is 118 Å². The molecule has 1 unspecified atom stereocenters. The Balaban J connectivity index is 1.39. The first-order chi connectivity index (χ1) is 31.0. The van der Waals surface area contributed by atoms with Gasteiger partial charge in [0.2, 0.25) is 6.10 Å². The molecule has 16 heteroatoms. The molecule has 3 fully saturated rings. The molecular formula is C50H57NO15. The van der Waals surface area contributed by atoms with Crippen molar-refractivity contribution < 1.29 is 72.5 Å². The summed E-state index contributed by atoms with van der Waals surface area (Å²) in [5.41, 5.74) is -8.43. The molecule has 1 saturated heterocycles. The van der Waals surface area contributed by atoms with E-state index in [1.165, 1.54) is 38.1 Å². The highest BCUT2D eigenvalue weighted by atomic mass is 16.6. The highest BCUT2D eigenvalue weighted by molar-refractivity contribution is 5.94. The Morgan fingerprint density at radius 1 is 0.833 bits per heavy atom. The summed E-state index contributed by atoms with van der Waals surface area (Å²) in [5, 5.41) is 40.8. The lowest BCUT2D eigenvalue weighted by Gasteiger charge is -2.67. The van der Waals surface area contributed by atoms with E-state index in [1.807, 2.05) is 0 Å². The van der Waals surface area contributed by atoms with Crippen molar-refractivity contribution in [2.75, 3.05) is 6.61 Å². The first kappa shape index (κ1) is 48.0. The van der Waals surface area contributed by atoms with Gasteiger partial charge < -0.3 is 49.1 Å². The van der Waals surface area contributed by atoms with E-state index in [1.54, 1.807) is 101 Å². The van der Waals surface area contributed by atoms with E-state index in [0.717, 1.165) is 6.92 Å². The van der Waals surface area contributed by atoms with Crippen LogP contribution in [0.25, 0.3) is 0 Å². The number of carbonyl (C=O) groups is 6. The van der Waals surface area contributed by atoms with Gasteiger partial charge in [-0.15, -0.1) is 0 Å². The number of amides is 1. The Labute approximate surface area is 382 Å². The second kappa shape index (κ2) is 17.7. The van der Waals surface area contributed by atoms with Crippen LogP contribution in [-0.4, -0.2) is 111 Å². The van der Waals surface area contributed by atoms with E-state index in [9.17, 15) is 34.5 Å². The molecule has 1 amide bonds. The summed E-state index contributed by atoms with van der Waals surface area (Å²) >= 11 is 0. The predicted octanol–water partition coefficient (Wildman–Crippen LogP) is 5.12. The number of esters is 4. The summed E-state index contributed by atoms with van der Waals surface area (Å²) in [4.78, 5) is 84.8. The second-order valence-electron chi connectivity index (χ2n) is 19.3. The maximum absolute atomic E-state index is 15.2. The van der Waals surface area contributed by atoms with Crippen LogP contribution in [0.4, 0.5) is 4.79 Å². The van der Waals surface area contributed by atoms with Crippen LogP contribution in [0.1, 0.15) is 101 Å². The lowest BCUT2D eigenvalue weighted by Crippen LogP contribution is -2.81. The summed E-state index contributed by atoms with van der Waals surface area (Å²) in [6.45, 7) is 11.7. The molecule has 3 aliphatic carbocycles. The molecule has 352 valence electrons. The zero-order valence-corrected chi connectivity index (χ0v) is 38.1. The van der Waals surface area contributed by atoms with Crippen molar-refractivity contribution in [1.29, 1.82) is 0 Å². The molecular weight excluding hydrogens is 855 g/mol. The van der Waals surface area contributed by atoms with Crippen molar-refractivity contribution >= 4 is 35.8 Å². The molecule has 0 spiro atoms. The van der Waals surface area contributed by atoms with Gasteiger partial charge in [0.25, 0.3) is 0 Å². The van der Waals surface area contributed by atoms with Gasteiger partial charge >= 0.3 is 30.0 Å². The maximum atomic E-state index is 15.2. The van der Waals surface area contributed by atoms with E-state index in [2.05, 4.69) is 5.32 Å². The number of Topliss-reactive ketones (excluding diaryl/α,β-unsaturated/α-hetero) is 1. The number of nitrogens with one attached hydrogen (secondary N) is 1. The third-order valence-corrected chi connectivity index (χ3v) is 13.8. The van der Waals surface area contributed by atoms with Crippen molar-refractivity contribution in [1.82, 2.24) is 5.32 Å². The molecule has 4 aliphatic rings. The number of benzene rings is 3. The summed E-state index contributed by atoms with van der Waals surface area (Å²) < 4.78 is 36.1. The molecule has 4 N–H and O–H groups in total. The number of aliphatic hydroxyl groups is 3. The molecule has 2 saturated carbocycles. The Bertz CT molecular complexity index is 2400. The van der Waals surface area contributed by atoms with Gasteiger partial charge in [0.05, 0.1) is 35.2 Å². The van der Waals surface area contributed by atoms with E-state index in [4.69, 9.17) is 28.4 Å². The number of hydrogen-bond acceptors (Lipinski definition) is 15. The standard InChI is InChI=1S/C50H57NO15/c1-27-32(62-44(58)38(63-42(56)30-20-14-10-15-21-30)36(29-18-12-9-13-19-29)51-45(59)66-46(3,4)5)25-50(60)41(64-43(57)31-22-16-11-17-23-31)39-48(8,40(55)37(54)35(27)47(50,6)7)33(53)24-34-49(39,26-61-34)65-28(2)52/h9-23,32-34,36-39,41,53-54,60H,24-26H2,1-8H3,(H,51,59)/t32-,33+,34-,36+,37-,38+,39?,41-,48-,49-,50-/m1/s1. The first-order valence-corrected chi connectivity index (χ1v) is 21.9. The van der Waals surface area contributed by atoms with Gasteiger partial charge in [-0.2, -0.15) is 0 Å². The van der Waals surface area contributed by atoms with E-state index >= 15 is 9.59 Å². The van der Waals surface area contributed by atoms with Gasteiger partial charge in [0.15, 0.2) is 11.4 Å². The minimum absolute atomic E-state index is 0.0616. The van der Waals surface area contributed by atoms with Crippen LogP contribution in [0.15, 0.2) is 102 Å². The van der Waals surface area contributed by atoms with Gasteiger partial charge in [-0.3, -0.25) is 9.59 Å². The topological polar surface area (TPSA) is 231 Å². The van der Waals surface area contributed by atoms with Gasteiger partial charge in [0, 0.05) is 25.2 Å². The third-order valence-electron chi connectivity index (χ3n) is 13.8. The molecule has 0 aromatic heterocycles. The summed E-state index contributed by atoms with van der Waals surface area (Å²) in [6.07, 6.45) is -11.7. The third kappa shape index (κ3) is 8.39. The quantitative estimate of drug-likeness (QED) is 0.117.